The first-order valence-electron chi connectivity index (χ1n) is 14.1. The lowest BCUT2D eigenvalue weighted by molar-refractivity contribution is -0.140. The number of aromatic hydroxyl groups is 1. The molecule has 10 heteroatoms. The third-order valence-corrected chi connectivity index (χ3v) is 8.74. The van der Waals surface area contributed by atoms with E-state index in [0.29, 0.717) is 36.5 Å². The van der Waals surface area contributed by atoms with Crippen LogP contribution in [0.15, 0.2) is 48.5 Å². The molecule has 210 valence electrons. The first-order chi connectivity index (χ1) is 19.8. The number of nitrogens with zero attached hydrogens (tertiary/aromatic N) is 5. The number of anilines is 1. The van der Waals surface area contributed by atoms with Crippen molar-refractivity contribution in [2.45, 2.75) is 44.6 Å². The molecule has 2 aromatic carbocycles. The number of hydrogen-bond acceptors (Lipinski definition) is 6. The van der Waals surface area contributed by atoms with Gasteiger partial charge < -0.3 is 20.0 Å². The zero-order valence-corrected chi connectivity index (χ0v) is 22.6. The molecule has 2 aromatic heterocycles. The van der Waals surface area contributed by atoms with Crippen LogP contribution >= 0.6 is 0 Å². The van der Waals surface area contributed by atoms with Crippen molar-refractivity contribution in [3.05, 3.63) is 76.9 Å². The highest BCUT2D eigenvalue weighted by atomic mass is 19.1. The molecule has 4 aromatic rings. The van der Waals surface area contributed by atoms with E-state index < -0.39 is 17.7 Å². The van der Waals surface area contributed by atoms with Crippen LogP contribution in [0.4, 0.5) is 10.1 Å². The number of aliphatic carboxylic acids is 1. The molecule has 1 aliphatic carbocycles. The zero-order valence-electron chi connectivity index (χ0n) is 22.6. The summed E-state index contributed by atoms with van der Waals surface area (Å²) in [6, 6.07) is 14.3. The van der Waals surface area contributed by atoms with E-state index in [1.54, 1.807) is 15.5 Å². The second-order valence-electron chi connectivity index (χ2n) is 11.4. The molecule has 9 nitrogen and oxygen atoms in total. The zero-order chi connectivity index (χ0) is 28.4. The predicted octanol–water partition coefficient (Wildman–Crippen LogP) is 4.79. The fraction of sp³-hybridized carbons (Fsp3) is 0.355. The lowest BCUT2D eigenvalue weighted by atomic mass is 9.93. The predicted molar refractivity (Wildman–Crippen MR) is 150 cm³/mol. The summed E-state index contributed by atoms with van der Waals surface area (Å²) in [6.07, 6.45) is 3.18. The summed E-state index contributed by atoms with van der Waals surface area (Å²) in [5.74, 6) is -2.26. The molecule has 1 saturated heterocycles. The fourth-order valence-electron chi connectivity index (χ4n) is 6.31. The fourth-order valence-corrected chi connectivity index (χ4v) is 6.31. The van der Waals surface area contributed by atoms with Gasteiger partial charge in [0, 0.05) is 49.1 Å². The summed E-state index contributed by atoms with van der Waals surface area (Å²) in [5.41, 5.74) is 4.60. The maximum absolute atomic E-state index is 15.5. The van der Waals surface area contributed by atoms with Gasteiger partial charge in [-0.3, -0.25) is 9.59 Å². The molecular weight excluding hydrogens is 525 g/mol. The minimum atomic E-state index is -0.880. The van der Waals surface area contributed by atoms with Crippen LogP contribution in [0.2, 0.25) is 0 Å². The number of halogens is 1. The van der Waals surface area contributed by atoms with Gasteiger partial charge in [0.25, 0.3) is 5.91 Å². The smallest absolute Gasteiger partial charge is 0.308 e. The maximum atomic E-state index is 15.5. The van der Waals surface area contributed by atoms with Crippen molar-refractivity contribution >= 4 is 23.2 Å². The topological polar surface area (TPSA) is 111 Å². The Hall–Kier alpha value is -4.47. The number of aromatic nitrogens is 3. The second-order valence-corrected chi connectivity index (χ2v) is 11.4. The number of rotatable bonds is 5. The summed E-state index contributed by atoms with van der Waals surface area (Å²) in [7, 11) is 0. The monoisotopic (exact) mass is 555 g/mol. The lowest BCUT2D eigenvalue weighted by Gasteiger charge is -2.35. The normalized spacial score (nSPS) is 20.4. The van der Waals surface area contributed by atoms with Crippen LogP contribution in [0.3, 0.4) is 0 Å². The van der Waals surface area contributed by atoms with E-state index in [9.17, 15) is 19.8 Å². The van der Waals surface area contributed by atoms with Crippen LogP contribution in [0.25, 0.3) is 16.9 Å². The van der Waals surface area contributed by atoms with Crippen molar-refractivity contribution in [1.82, 2.24) is 19.5 Å². The number of benzene rings is 2. The molecule has 0 unspecified atom stereocenters. The van der Waals surface area contributed by atoms with E-state index in [4.69, 9.17) is 0 Å². The minimum Gasteiger partial charge on any atom is -0.507 e. The first-order valence-corrected chi connectivity index (χ1v) is 14.1. The molecule has 1 saturated carbocycles. The van der Waals surface area contributed by atoms with Gasteiger partial charge in [0.2, 0.25) is 0 Å². The van der Waals surface area contributed by atoms with Crippen LogP contribution in [0.1, 0.15) is 65.5 Å². The van der Waals surface area contributed by atoms with E-state index in [-0.39, 0.29) is 41.4 Å². The standard InChI is InChI=1S/C31H30FN5O4/c1-17-22-5-3-2-4-18(22)9-11-36(17)30(39)25-14-26(19-6-7-19)37-28(33-25)15-24(34-37)29-23(32)12-21(13-27(29)38)35-10-8-20(16-35)31(40)41/h2-5,12-15,17,19-20,38H,6-11,16H2,1H3,(H,40,41)/t17-,20+/m1/s1. The average Bonchev–Trinajstić information content (AvgIpc) is 3.51. The Kier molecular flexibility index (Phi) is 5.95. The van der Waals surface area contributed by atoms with Gasteiger partial charge in [0.1, 0.15) is 23.0 Å². The molecular formula is C31H30FN5O4. The Morgan fingerprint density at radius 1 is 1.05 bits per heavy atom. The van der Waals surface area contributed by atoms with Gasteiger partial charge in [-0.05, 0) is 55.9 Å². The van der Waals surface area contributed by atoms with Crippen molar-refractivity contribution in [1.29, 1.82) is 0 Å². The van der Waals surface area contributed by atoms with Crippen LogP contribution < -0.4 is 4.90 Å². The summed E-state index contributed by atoms with van der Waals surface area (Å²) < 4.78 is 17.1. The molecule has 0 bridgehead atoms. The highest BCUT2D eigenvalue weighted by molar-refractivity contribution is 5.93. The molecule has 2 atom stereocenters. The van der Waals surface area contributed by atoms with E-state index in [1.807, 2.05) is 30.0 Å². The quantitative estimate of drug-likeness (QED) is 0.364. The highest BCUT2D eigenvalue weighted by Gasteiger charge is 2.33. The van der Waals surface area contributed by atoms with E-state index in [2.05, 4.69) is 22.2 Å². The summed E-state index contributed by atoms with van der Waals surface area (Å²) >= 11 is 0. The largest absolute Gasteiger partial charge is 0.507 e. The Morgan fingerprint density at radius 3 is 2.59 bits per heavy atom. The SMILES string of the molecule is C[C@@H]1c2ccccc2CCN1C(=O)c1cc(C2CC2)n2nc(-c3c(O)cc(N4CC[C@H](C(=O)O)C4)cc3F)cc2n1. The lowest BCUT2D eigenvalue weighted by Crippen LogP contribution is -2.39. The van der Waals surface area contributed by atoms with Gasteiger partial charge in [-0.25, -0.2) is 13.9 Å². The number of fused-ring (bicyclic) bond motifs is 2. The van der Waals surface area contributed by atoms with Gasteiger partial charge in [-0.1, -0.05) is 24.3 Å². The van der Waals surface area contributed by atoms with Crippen LogP contribution in [0.5, 0.6) is 5.75 Å². The van der Waals surface area contributed by atoms with Gasteiger partial charge in [-0.15, -0.1) is 0 Å². The minimum absolute atomic E-state index is 0.0517. The second kappa shape index (κ2) is 9.57. The molecule has 2 fully saturated rings. The van der Waals surface area contributed by atoms with Gasteiger partial charge >= 0.3 is 5.97 Å². The van der Waals surface area contributed by atoms with Gasteiger partial charge in [0.05, 0.1) is 17.5 Å². The Balaban J connectivity index is 1.23. The third-order valence-electron chi connectivity index (χ3n) is 8.74. The van der Waals surface area contributed by atoms with Crippen LogP contribution in [-0.4, -0.2) is 61.2 Å². The third kappa shape index (κ3) is 4.38. The number of carbonyl (C=O) groups excluding carboxylic acids is 1. The number of carboxylic acids is 1. The van der Waals surface area contributed by atoms with Crippen LogP contribution in [-0.2, 0) is 11.2 Å². The van der Waals surface area contributed by atoms with E-state index in [1.165, 1.54) is 17.7 Å². The highest BCUT2D eigenvalue weighted by Crippen LogP contribution is 2.42. The molecule has 0 radical (unpaired) electrons. The number of phenolic OH excluding ortho intramolecular Hbond substituents is 1. The van der Waals surface area contributed by atoms with Gasteiger partial charge in [-0.2, -0.15) is 5.10 Å². The van der Waals surface area contributed by atoms with Crippen molar-refractivity contribution in [2.75, 3.05) is 24.5 Å². The maximum Gasteiger partial charge on any atom is 0.308 e. The number of carbonyl (C=O) groups is 2. The molecule has 3 aliphatic rings. The summed E-state index contributed by atoms with van der Waals surface area (Å²) in [5, 5.41) is 24.8. The average molecular weight is 556 g/mol. The molecule has 7 rings (SSSR count). The molecule has 1 amide bonds. The Bertz CT molecular complexity index is 1690. The van der Waals surface area contributed by atoms with Crippen molar-refractivity contribution in [3.63, 3.8) is 0 Å². The number of phenols is 1. The number of amides is 1. The molecule has 0 spiro atoms. The number of carboxylic acid groups (broad SMARTS) is 1. The molecule has 4 heterocycles. The Morgan fingerprint density at radius 2 is 1.85 bits per heavy atom. The van der Waals surface area contributed by atoms with Crippen molar-refractivity contribution < 1.29 is 24.2 Å². The van der Waals surface area contributed by atoms with E-state index >= 15 is 4.39 Å². The summed E-state index contributed by atoms with van der Waals surface area (Å²) in [6.45, 7) is 3.36. The Labute approximate surface area is 235 Å². The van der Waals surface area contributed by atoms with Crippen molar-refractivity contribution in [3.8, 4) is 17.0 Å². The molecule has 2 N–H and O–H groups in total. The van der Waals surface area contributed by atoms with E-state index in [0.717, 1.165) is 30.5 Å². The molecule has 2 aliphatic heterocycles. The van der Waals surface area contributed by atoms with Crippen molar-refractivity contribution in [2.24, 2.45) is 5.92 Å². The van der Waals surface area contributed by atoms with Crippen LogP contribution in [0, 0.1) is 11.7 Å². The number of hydrogen-bond donors (Lipinski definition) is 2. The molecule has 41 heavy (non-hydrogen) atoms. The first kappa shape index (κ1) is 25.5. The van der Waals surface area contributed by atoms with Gasteiger partial charge in [0.15, 0.2) is 5.65 Å². The summed E-state index contributed by atoms with van der Waals surface area (Å²) in [4.78, 5) is 33.4.